The topological polar surface area (TPSA) is 92.6 Å². The summed E-state index contributed by atoms with van der Waals surface area (Å²) in [5, 5.41) is 29.3. The Bertz CT molecular complexity index is 968. The molecular weight excluding hydrogens is 394 g/mol. The molecule has 2 aromatic rings. The Hall–Kier alpha value is -3.41. The van der Waals surface area contributed by atoms with Gasteiger partial charge in [-0.25, -0.2) is 8.78 Å². The number of nitriles is 3. The zero-order valence-corrected chi connectivity index (χ0v) is 13.9. The molecule has 8 heteroatoms. The van der Waals surface area contributed by atoms with E-state index in [4.69, 9.17) is 20.5 Å². The first-order chi connectivity index (χ1) is 12.0. The highest BCUT2D eigenvalue weighted by Crippen LogP contribution is 2.33. The first kappa shape index (κ1) is 17.9. The summed E-state index contributed by atoms with van der Waals surface area (Å²) in [7, 11) is 0. The van der Waals surface area contributed by atoms with Gasteiger partial charge in [-0.3, -0.25) is 0 Å². The maximum Gasteiger partial charge on any atom is 0.168 e. The van der Waals surface area contributed by atoms with Gasteiger partial charge in [0.1, 0.15) is 35.5 Å². The van der Waals surface area contributed by atoms with E-state index in [0.29, 0.717) is 16.2 Å². The maximum atomic E-state index is 13.6. The van der Waals surface area contributed by atoms with Crippen LogP contribution >= 0.6 is 15.9 Å². The van der Waals surface area contributed by atoms with Crippen LogP contribution in [0.4, 0.5) is 14.5 Å². The summed E-state index contributed by atoms with van der Waals surface area (Å²) in [6.07, 6.45) is 0. The smallest absolute Gasteiger partial charge is 0.168 e. The lowest BCUT2D eigenvalue weighted by molar-refractivity contribution is 0.435. The molecule has 0 atom stereocenters. The van der Waals surface area contributed by atoms with Crippen molar-refractivity contribution in [2.75, 3.05) is 5.32 Å². The van der Waals surface area contributed by atoms with Gasteiger partial charge in [0, 0.05) is 11.8 Å². The van der Waals surface area contributed by atoms with Crippen molar-refractivity contribution < 1.29 is 13.5 Å². The molecule has 122 valence electrons. The van der Waals surface area contributed by atoms with Gasteiger partial charge in [0.05, 0.1) is 4.47 Å². The second-order valence-corrected chi connectivity index (χ2v) is 5.39. The Morgan fingerprint density at radius 2 is 1.64 bits per heavy atom. The van der Waals surface area contributed by atoms with Crippen LogP contribution < -0.4 is 10.1 Å². The van der Waals surface area contributed by atoms with E-state index in [2.05, 4.69) is 21.2 Å². The highest BCUT2D eigenvalue weighted by Gasteiger charge is 2.11. The number of nitrogens with zero attached hydrogens (tertiary/aromatic N) is 3. The second-order valence-electron chi connectivity index (χ2n) is 4.53. The molecule has 1 N–H and O–H groups in total. The zero-order valence-electron chi connectivity index (χ0n) is 12.3. The molecule has 0 aliphatic rings. The summed E-state index contributed by atoms with van der Waals surface area (Å²) in [5.41, 5.74) is -0.152. The molecule has 0 spiro atoms. The first-order valence-electron chi connectivity index (χ1n) is 6.62. The van der Waals surface area contributed by atoms with E-state index in [0.717, 1.165) is 12.1 Å². The quantitative estimate of drug-likeness (QED) is 0.746. The summed E-state index contributed by atoms with van der Waals surface area (Å²) in [5.74, 6) is -1.47. The number of anilines is 1. The molecular formula is C17H7BrF2N4O. The lowest BCUT2D eigenvalue weighted by atomic mass is 10.2. The standard InChI is InChI=1S/C17H7BrF2N4O/c18-13-6-12(24-15(9-23)10(7-21)8-22)2-4-16(13)25-17-3-1-11(19)5-14(17)20/h1-6,24H. The molecule has 25 heavy (non-hydrogen) atoms. The average Bonchev–Trinajstić information content (AvgIpc) is 2.59. The van der Waals surface area contributed by atoms with Crippen LogP contribution in [0.2, 0.25) is 0 Å². The van der Waals surface area contributed by atoms with Crippen molar-refractivity contribution in [3.05, 3.63) is 63.8 Å². The molecule has 0 aromatic heterocycles. The number of hydrogen-bond acceptors (Lipinski definition) is 5. The lowest BCUT2D eigenvalue weighted by Gasteiger charge is -2.11. The van der Waals surface area contributed by atoms with E-state index >= 15 is 0 Å². The fourth-order valence-electron chi connectivity index (χ4n) is 1.77. The molecule has 0 radical (unpaired) electrons. The predicted molar refractivity (Wildman–Crippen MR) is 88.1 cm³/mol. The fourth-order valence-corrected chi connectivity index (χ4v) is 2.23. The van der Waals surface area contributed by atoms with E-state index < -0.39 is 11.6 Å². The Morgan fingerprint density at radius 3 is 2.20 bits per heavy atom. The highest BCUT2D eigenvalue weighted by atomic mass is 79.9. The van der Waals surface area contributed by atoms with Crippen LogP contribution in [0.3, 0.4) is 0 Å². The van der Waals surface area contributed by atoms with Crippen molar-refractivity contribution in [2.24, 2.45) is 0 Å². The molecule has 0 amide bonds. The lowest BCUT2D eigenvalue weighted by Crippen LogP contribution is -2.00. The van der Waals surface area contributed by atoms with Gasteiger partial charge in [-0.15, -0.1) is 0 Å². The molecule has 0 heterocycles. The number of allylic oxidation sites excluding steroid dienone is 2. The normalized spacial score (nSPS) is 9.28. The van der Waals surface area contributed by atoms with Gasteiger partial charge in [0.15, 0.2) is 17.1 Å². The zero-order chi connectivity index (χ0) is 18.4. The van der Waals surface area contributed by atoms with E-state index in [1.54, 1.807) is 18.2 Å². The number of rotatable bonds is 4. The third kappa shape index (κ3) is 4.32. The van der Waals surface area contributed by atoms with E-state index in [1.165, 1.54) is 18.2 Å². The third-order valence-corrected chi connectivity index (χ3v) is 3.52. The molecule has 2 rings (SSSR count). The van der Waals surface area contributed by atoms with Crippen molar-refractivity contribution in [1.29, 1.82) is 15.8 Å². The Kier molecular flexibility index (Phi) is 5.68. The molecule has 0 aliphatic heterocycles. The Morgan fingerprint density at radius 1 is 0.960 bits per heavy atom. The molecule has 0 unspecified atom stereocenters. The van der Waals surface area contributed by atoms with Crippen LogP contribution in [0, 0.1) is 45.6 Å². The predicted octanol–water partition coefficient (Wildman–Crippen LogP) is 4.76. The summed E-state index contributed by atoms with van der Waals surface area (Å²) >= 11 is 3.24. The van der Waals surface area contributed by atoms with Gasteiger partial charge < -0.3 is 10.1 Å². The number of hydrogen-bond donors (Lipinski definition) is 1. The largest absolute Gasteiger partial charge is 0.453 e. The molecule has 0 fully saturated rings. The first-order valence-corrected chi connectivity index (χ1v) is 7.42. The van der Waals surface area contributed by atoms with Crippen LogP contribution in [0.15, 0.2) is 52.1 Å². The van der Waals surface area contributed by atoms with Crippen LogP contribution in [0.1, 0.15) is 0 Å². The molecule has 5 nitrogen and oxygen atoms in total. The summed E-state index contributed by atoms with van der Waals surface area (Å²) < 4.78 is 32.3. The summed E-state index contributed by atoms with van der Waals surface area (Å²) in [6, 6.07) is 12.4. The van der Waals surface area contributed by atoms with Gasteiger partial charge in [-0.05, 0) is 46.3 Å². The van der Waals surface area contributed by atoms with Gasteiger partial charge in [-0.1, -0.05) is 0 Å². The van der Waals surface area contributed by atoms with Crippen molar-refractivity contribution >= 4 is 21.6 Å². The Labute approximate surface area is 150 Å². The monoisotopic (exact) mass is 400 g/mol. The van der Waals surface area contributed by atoms with Gasteiger partial charge in [-0.2, -0.15) is 15.8 Å². The summed E-state index contributed by atoms with van der Waals surface area (Å²) in [4.78, 5) is 0. The van der Waals surface area contributed by atoms with Gasteiger partial charge >= 0.3 is 0 Å². The minimum absolute atomic E-state index is 0.156. The molecule has 0 aliphatic carbocycles. The molecule has 0 saturated heterocycles. The SMILES string of the molecule is N#CC(C#N)=C(C#N)Nc1ccc(Oc2ccc(F)cc2F)c(Br)c1. The van der Waals surface area contributed by atoms with Crippen molar-refractivity contribution in [3.63, 3.8) is 0 Å². The van der Waals surface area contributed by atoms with E-state index in [-0.39, 0.29) is 22.8 Å². The van der Waals surface area contributed by atoms with E-state index in [9.17, 15) is 8.78 Å². The molecule has 0 bridgehead atoms. The van der Waals surface area contributed by atoms with Gasteiger partial charge in [0.25, 0.3) is 0 Å². The number of halogens is 3. The van der Waals surface area contributed by atoms with Gasteiger partial charge in [0.2, 0.25) is 0 Å². The van der Waals surface area contributed by atoms with Crippen LogP contribution in [-0.4, -0.2) is 0 Å². The highest BCUT2D eigenvalue weighted by molar-refractivity contribution is 9.10. The number of benzene rings is 2. The molecule has 2 aromatic carbocycles. The Balaban J connectivity index is 2.27. The minimum atomic E-state index is -0.850. The average molecular weight is 401 g/mol. The van der Waals surface area contributed by atoms with Crippen LogP contribution in [0.5, 0.6) is 11.5 Å². The maximum absolute atomic E-state index is 13.6. The van der Waals surface area contributed by atoms with Crippen LogP contribution in [-0.2, 0) is 0 Å². The number of nitrogens with one attached hydrogen (secondary N) is 1. The van der Waals surface area contributed by atoms with E-state index in [1.807, 2.05) is 0 Å². The minimum Gasteiger partial charge on any atom is -0.453 e. The number of ether oxygens (including phenoxy) is 1. The van der Waals surface area contributed by atoms with Crippen molar-refractivity contribution in [2.45, 2.75) is 0 Å². The van der Waals surface area contributed by atoms with Crippen molar-refractivity contribution in [3.8, 4) is 29.7 Å². The summed E-state index contributed by atoms with van der Waals surface area (Å²) in [6.45, 7) is 0. The fraction of sp³-hybridized carbons (Fsp3) is 0. The second kappa shape index (κ2) is 7.92. The third-order valence-electron chi connectivity index (χ3n) is 2.90. The van der Waals surface area contributed by atoms with Crippen LogP contribution in [0.25, 0.3) is 0 Å². The molecule has 0 saturated carbocycles. The van der Waals surface area contributed by atoms with Crippen molar-refractivity contribution in [1.82, 2.24) is 0 Å².